The zero-order valence-corrected chi connectivity index (χ0v) is 11.7. The minimum Gasteiger partial charge on any atom is -0.313 e. The Morgan fingerprint density at radius 3 is 2.59 bits per heavy atom. The number of hydrogen-bond acceptors (Lipinski definition) is 3. The van der Waals surface area contributed by atoms with Crippen LogP contribution in [0.4, 0.5) is 0 Å². The molecule has 1 heterocycles. The van der Waals surface area contributed by atoms with E-state index in [0.29, 0.717) is 12.0 Å². The highest BCUT2D eigenvalue weighted by Crippen LogP contribution is 2.11. The van der Waals surface area contributed by atoms with Gasteiger partial charge in [-0.3, -0.25) is 9.97 Å². The maximum Gasteiger partial charge on any atom is 0.0634 e. The van der Waals surface area contributed by atoms with E-state index in [4.69, 9.17) is 0 Å². The molecule has 1 rings (SSSR count). The Morgan fingerprint density at radius 2 is 2.00 bits per heavy atom. The van der Waals surface area contributed by atoms with E-state index in [-0.39, 0.29) is 0 Å². The molecule has 0 aromatic carbocycles. The van der Waals surface area contributed by atoms with Crippen LogP contribution in [0.5, 0.6) is 0 Å². The van der Waals surface area contributed by atoms with Crippen molar-refractivity contribution in [3.8, 4) is 0 Å². The van der Waals surface area contributed by atoms with Crippen LogP contribution in [0.2, 0.25) is 0 Å². The van der Waals surface area contributed by atoms with E-state index in [0.717, 1.165) is 30.0 Å². The van der Waals surface area contributed by atoms with Gasteiger partial charge in [0.2, 0.25) is 0 Å². The van der Waals surface area contributed by atoms with Gasteiger partial charge in [-0.2, -0.15) is 0 Å². The van der Waals surface area contributed by atoms with Gasteiger partial charge in [-0.25, -0.2) is 0 Å². The molecule has 0 aliphatic rings. The molecule has 0 saturated carbocycles. The van der Waals surface area contributed by atoms with Crippen LogP contribution >= 0.6 is 0 Å². The summed E-state index contributed by atoms with van der Waals surface area (Å²) < 4.78 is 0. The Hall–Kier alpha value is -0.960. The molecule has 3 heteroatoms. The van der Waals surface area contributed by atoms with Crippen LogP contribution in [0.15, 0.2) is 6.20 Å². The largest absolute Gasteiger partial charge is 0.313 e. The lowest BCUT2D eigenvalue weighted by molar-refractivity contribution is 0.393. The molecule has 0 bridgehead atoms. The Balaban J connectivity index is 2.74. The fourth-order valence-corrected chi connectivity index (χ4v) is 1.86. The van der Waals surface area contributed by atoms with Gasteiger partial charge < -0.3 is 5.32 Å². The normalized spacial score (nSPS) is 13.1. The van der Waals surface area contributed by atoms with Crippen LogP contribution in [-0.2, 0) is 6.42 Å². The maximum absolute atomic E-state index is 4.60. The van der Waals surface area contributed by atoms with E-state index >= 15 is 0 Å². The number of aryl methyl sites for hydroxylation is 2. The fraction of sp³-hybridized carbons (Fsp3) is 0.714. The third-order valence-electron chi connectivity index (χ3n) is 3.05. The third kappa shape index (κ3) is 4.43. The van der Waals surface area contributed by atoms with E-state index in [2.05, 4.69) is 36.1 Å². The topological polar surface area (TPSA) is 37.8 Å². The second-order valence-corrected chi connectivity index (χ2v) is 5.05. The third-order valence-corrected chi connectivity index (χ3v) is 3.05. The lowest BCUT2D eigenvalue weighted by atomic mass is 9.98. The monoisotopic (exact) mass is 235 g/mol. The first-order valence-electron chi connectivity index (χ1n) is 6.57. The van der Waals surface area contributed by atoms with Gasteiger partial charge in [0.05, 0.1) is 17.1 Å². The van der Waals surface area contributed by atoms with Gasteiger partial charge in [0.25, 0.3) is 0 Å². The van der Waals surface area contributed by atoms with Crippen molar-refractivity contribution < 1.29 is 0 Å². The van der Waals surface area contributed by atoms with Gasteiger partial charge in [0, 0.05) is 18.7 Å². The van der Waals surface area contributed by atoms with Crippen LogP contribution in [0, 0.1) is 19.8 Å². The van der Waals surface area contributed by atoms with Crippen LogP contribution in [0.3, 0.4) is 0 Å². The van der Waals surface area contributed by atoms with Crippen LogP contribution < -0.4 is 5.32 Å². The highest BCUT2D eigenvalue weighted by molar-refractivity contribution is 5.13. The van der Waals surface area contributed by atoms with E-state index in [1.165, 1.54) is 6.42 Å². The summed E-state index contributed by atoms with van der Waals surface area (Å²) >= 11 is 0. The molecule has 0 saturated heterocycles. The Kier molecular flexibility index (Phi) is 5.56. The molecule has 1 atom stereocenters. The molecular weight excluding hydrogens is 210 g/mol. The van der Waals surface area contributed by atoms with Gasteiger partial charge >= 0.3 is 0 Å². The first kappa shape index (κ1) is 14.1. The highest BCUT2D eigenvalue weighted by Gasteiger charge is 2.15. The maximum atomic E-state index is 4.60. The van der Waals surface area contributed by atoms with Gasteiger partial charge in [0.15, 0.2) is 0 Å². The quantitative estimate of drug-likeness (QED) is 0.823. The van der Waals surface area contributed by atoms with Gasteiger partial charge in [0.1, 0.15) is 0 Å². The van der Waals surface area contributed by atoms with Crippen molar-refractivity contribution in [3.05, 3.63) is 23.3 Å². The van der Waals surface area contributed by atoms with Gasteiger partial charge in [-0.05, 0) is 32.7 Å². The summed E-state index contributed by atoms with van der Waals surface area (Å²) in [5.74, 6) is 0.614. The molecule has 0 spiro atoms. The lowest BCUT2D eigenvalue weighted by Gasteiger charge is -2.22. The van der Waals surface area contributed by atoms with E-state index in [9.17, 15) is 0 Å². The number of aromatic nitrogens is 2. The van der Waals surface area contributed by atoms with Gasteiger partial charge in [-0.1, -0.05) is 20.8 Å². The average Bonchev–Trinajstić information content (AvgIpc) is 2.28. The molecule has 0 fully saturated rings. The summed E-state index contributed by atoms with van der Waals surface area (Å²) in [6.45, 7) is 11.8. The number of nitrogens with one attached hydrogen (secondary N) is 1. The molecule has 0 aliphatic heterocycles. The molecule has 1 unspecified atom stereocenters. The molecule has 17 heavy (non-hydrogen) atoms. The number of rotatable bonds is 6. The zero-order chi connectivity index (χ0) is 12.8. The minimum atomic E-state index is 0.491. The van der Waals surface area contributed by atoms with Crippen molar-refractivity contribution in [2.45, 2.75) is 53.5 Å². The van der Waals surface area contributed by atoms with Crippen molar-refractivity contribution in [2.75, 3.05) is 6.54 Å². The first-order valence-corrected chi connectivity index (χ1v) is 6.57. The Morgan fingerprint density at radius 1 is 1.29 bits per heavy atom. The Labute approximate surface area is 105 Å². The molecule has 0 amide bonds. The SMILES string of the molecule is CCCNC(Cc1nc(C)cnc1C)C(C)C. The molecule has 3 nitrogen and oxygen atoms in total. The molecule has 0 radical (unpaired) electrons. The van der Waals surface area contributed by atoms with E-state index < -0.39 is 0 Å². The van der Waals surface area contributed by atoms with Crippen molar-refractivity contribution in [2.24, 2.45) is 5.92 Å². The van der Waals surface area contributed by atoms with Crippen molar-refractivity contribution >= 4 is 0 Å². The van der Waals surface area contributed by atoms with Crippen molar-refractivity contribution in [1.82, 2.24) is 15.3 Å². The highest BCUT2D eigenvalue weighted by atomic mass is 14.9. The van der Waals surface area contributed by atoms with Crippen molar-refractivity contribution in [1.29, 1.82) is 0 Å². The van der Waals surface area contributed by atoms with Crippen LogP contribution in [0.1, 0.15) is 44.3 Å². The van der Waals surface area contributed by atoms with Crippen LogP contribution in [-0.4, -0.2) is 22.6 Å². The lowest BCUT2D eigenvalue weighted by Crippen LogP contribution is -2.36. The summed E-state index contributed by atoms with van der Waals surface area (Å²) in [7, 11) is 0. The second kappa shape index (κ2) is 6.70. The number of nitrogens with zero attached hydrogens (tertiary/aromatic N) is 2. The summed E-state index contributed by atoms with van der Waals surface area (Å²) in [6, 6.07) is 0.491. The van der Waals surface area contributed by atoms with Gasteiger partial charge in [-0.15, -0.1) is 0 Å². The van der Waals surface area contributed by atoms with Crippen molar-refractivity contribution in [3.63, 3.8) is 0 Å². The molecule has 96 valence electrons. The molecule has 1 N–H and O–H groups in total. The summed E-state index contributed by atoms with van der Waals surface area (Å²) in [4.78, 5) is 8.98. The minimum absolute atomic E-state index is 0.491. The molecule has 1 aromatic heterocycles. The Bertz CT molecular complexity index is 347. The van der Waals surface area contributed by atoms with Crippen LogP contribution in [0.25, 0.3) is 0 Å². The predicted molar refractivity (Wildman–Crippen MR) is 72.1 cm³/mol. The number of hydrogen-bond donors (Lipinski definition) is 1. The van der Waals surface area contributed by atoms with E-state index in [1.54, 1.807) is 0 Å². The molecular formula is C14H25N3. The van der Waals surface area contributed by atoms with E-state index in [1.807, 2.05) is 20.0 Å². The summed E-state index contributed by atoms with van der Waals surface area (Å²) in [5, 5.41) is 3.60. The predicted octanol–water partition coefficient (Wildman–Crippen LogP) is 2.66. The fourth-order valence-electron chi connectivity index (χ4n) is 1.86. The molecule has 1 aromatic rings. The summed E-state index contributed by atoms with van der Waals surface area (Å²) in [6.07, 6.45) is 3.97. The smallest absolute Gasteiger partial charge is 0.0634 e. The first-order chi connectivity index (χ1) is 8.04. The zero-order valence-electron chi connectivity index (χ0n) is 11.7. The molecule has 0 aliphatic carbocycles. The standard InChI is InChI=1S/C14H25N3/c1-6-7-15-13(10(2)3)8-14-12(5)16-9-11(4)17-14/h9-10,13,15H,6-8H2,1-5H3. The second-order valence-electron chi connectivity index (χ2n) is 5.05. The average molecular weight is 235 g/mol. The summed E-state index contributed by atoms with van der Waals surface area (Å²) in [5.41, 5.74) is 3.19.